The molecule has 0 aliphatic rings. The molecular formula is C14H16F2N2O3S. The fourth-order valence-electron chi connectivity index (χ4n) is 1.88. The molecule has 2 aromatic rings. The predicted molar refractivity (Wildman–Crippen MR) is 77.4 cm³/mol. The number of aromatic nitrogens is 1. The molecule has 120 valence electrons. The quantitative estimate of drug-likeness (QED) is 0.907. The maximum Gasteiger partial charge on any atom is 0.270 e. The van der Waals surface area contributed by atoms with Crippen LogP contribution < -0.4 is 4.72 Å². The molecule has 0 saturated heterocycles. The zero-order valence-corrected chi connectivity index (χ0v) is 13.1. The van der Waals surface area contributed by atoms with E-state index in [0.717, 1.165) is 6.07 Å². The van der Waals surface area contributed by atoms with Gasteiger partial charge in [-0.25, -0.2) is 17.2 Å². The van der Waals surface area contributed by atoms with Crippen LogP contribution >= 0.6 is 0 Å². The first-order valence-corrected chi connectivity index (χ1v) is 8.05. The second kappa shape index (κ2) is 5.68. The zero-order valence-electron chi connectivity index (χ0n) is 12.3. The largest absolute Gasteiger partial charge is 0.359 e. The number of halogens is 2. The van der Waals surface area contributed by atoms with Gasteiger partial charge in [-0.1, -0.05) is 31.1 Å². The molecule has 0 spiro atoms. The molecule has 0 amide bonds. The molecule has 0 fully saturated rings. The average Bonchev–Trinajstić information content (AvgIpc) is 2.85. The van der Waals surface area contributed by atoms with Gasteiger partial charge < -0.3 is 4.52 Å². The summed E-state index contributed by atoms with van der Waals surface area (Å²) in [6.45, 7) is 4.34. The highest BCUT2D eigenvalue weighted by Gasteiger charge is 2.27. The van der Waals surface area contributed by atoms with Crippen LogP contribution in [0.15, 0.2) is 39.9 Å². The summed E-state index contributed by atoms with van der Waals surface area (Å²) >= 11 is 0. The lowest BCUT2D eigenvalue weighted by molar-refractivity contribution is 0.0172. The van der Waals surface area contributed by atoms with Gasteiger partial charge in [-0.2, -0.15) is 0 Å². The third kappa shape index (κ3) is 3.44. The summed E-state index contributed by atoms with van der Waals surface area (Å²) in [6, 6.07) is 4.65. The number of benzene rings is 1. The van der Waals surface area contributed by atoms with Crippen molar-refractivity contribution in [2.45, 2.75) is 37.5 Å². The number of rotatable bonds is 5. The third-order valence-electron chi connectivity index (χ3n) is 3.02. The molecule has 1 aromatic heterocycles. The van der Waals surface area contributed by atoms with E-state index in [0.29, 0.717) is 12.7 Å². The molecule has 1 aromatic carbocycles. The van der Waals surface area contributed by atoms with Crippen molar-refractivity contribution >= 4 is 15.7 Å². The summed E-state index contributed by atoms with van der Waals surface area (Å²) in [6.07, 6.45) is 1.24. The molecule has 0 atom stereocenters. The van der Waals surface area contributed by atoms with Gasteiger partial charge in [-0.15, -0.1) is 0 Å². The van der Waals surface area contributed by atoms with Gasteiger partial charge in [0.2, 0.25) is 0 Å². The Morgan fingerprint density at radius 3 is 2.59 bits per heavy atom. The predicted octanol–water partition coefficient (Wildman–Crippen LogP) is 3.71. The molecule has 0 aliphatic heterocycles. The van der Waals surface area contributed by atoms with Gasteiger partial charge >= 0.3 is 0 Å². The number of alkyl halides is 2. The first-order valence-electron chi connectivity index (χ1n) is 6.57. The van der Waals surface area contributed by atoms with Gasteiger partial charge in [-0.3, -0.25) is 4.72 Å². The van der Waals surface area contributed by atoms with Crippen LogP contribution in [-0.4, -0.2) is 13.6 Å². The molecule has 1 N–H and O–H groups in total. The van der Waals surface area contributed by atoms with Crippen molar-refractivity contribution in [1.82, 2.24) is 5.16 Å². The number of nitrogens with zero attached hydrogens (tertiary/aromatic N) is 1. The Bertz CT molecular complexity index is 764. The lowest BCUT2D eigenvalue weighted by atomic mass is 10.1. The highest BCUT2D eigenvalue weighted by Crippen LogP contribution is 2.30. The molecule has 1 heterocycles. The monoisotopic (exact) mass is 330 g/mol. The normalized spacial score (nSPS) is 12.6. The van der Waals surface area contributed by atoms with Gasteiger partial charge in [-0.05, 0) is 12.1 Å². The van der Waals surface area contributed by atoms with Crippen molar-refractivity contribution in [3.63, 3.8) is 0 Å². The van der Waals surface area contributed by atoms with Crippen LogP contribution in [0.2, 0.25) is 0 Å². The summed E-state index contributed by atoms with van der Waals surface area (Å²) in [7, 11) is -4.01. The maximum atomic E-state index is 13.3. The van der Waals surface area contributed by atoms with E-state index >= 15 is 0 Å². The molecule has 0 saturated carbocycles. The summed E-state index contributed by atoms with van der Waals surface area (Å²) in [4.78, 5) is -0.248. The van der Waals surface area contributed by atoms with Crippen LogP contribution in [0.1, 0.15) is 38.0 Å². The Balaban J connectivity index is 2.37. The van der Waals surface area contributed by atoms with E-state index in [-0.39, 0.29) is 22.1 Å². The summed E-state index contributed by atoms with van der Waals surface area (Å²) in [5.74, 6) is -2.82. The Morgan fingerprint density at radius 2 is 2.00 bits per heavy atom. The van der Waals surface area contributed by atoms with E-state index in [9.17, 15) is 17.2 Å². The Morgan fingerprint density at radius 1 is 1.32 bits per heavy atom. The molecule has 2 rings (SSSR count). The van der Waals surface area contributed by atoms with Crippen LogP contribution in [-0.2, 0) is 15.9 Å². The van der Waals surface area contributed by atoms with Gasteiger partial charge in [0, 0.05) is 18.4 Å². The van der Waals surface area contributed by atoms with Crippen molar-refractivity contribution in [2.75, 3.05) is 4.72 Å². The van der Waals surface area contributed by atoms with Crippen LogP contribution in [0.5, 0.6) is 0 Å². The third-order valence-corrected chi connectivity index (χ3v) is 4.38. The lowest BCUT2D eigenvalue weighted by Gasteiger charge is -2.13. The molecule has 5 nitrogen and oxygen atoms in total. The first kappa shape index (κ1) is 16.4. The van der Waals surface area contributed by atoms with E-state index in [4.69, 9.17) is 4.52 Å². The van der Waals surface area contributed by atoms with Crippen LogP contribution in [0.25, 0.3) is 0 Å². The standard InChI is InChI=1S/C14H16F2N2O3S/c1-9(2)13-12(8-17-21-13)18-22(19,20)11-6-4-5-10(7-11)14(3,15)16/h4-9,18H,1-3H3. The van der Waals surface area contributed by atoms with E-state index in [1.165, 1.54) is 24.4 Å². The average molecular weight is 330 g/mol. The van der Waals surface area contributed by atoms with E-state index < -0.39 is 15.9 Å². The maximum absolute atomic E-state index is 13.3. The fraction of sp³-hybridized carbons (Fsp3) is 0.357. The van der Waals surface area contributed by atoms with Crippen molar-refractivity contribution in [3.05, 3.63) is 41.8 Å². The van der Waals surface area contributed by atoms with Crippen molar-refractivity contribution in [2.24, 2.45) is 0 Å². The summed E-state index contributed by atoms with van der Waals surface area (Å²) in [5.41, 5.74) is -0.173. The molecule has 0 unspecified atom stereocenters. The van der Waals surface area contributed by atoms with Gasteiger partial charge in [0.25, 0.3) is 15.9 Å². The second-order valence-corrected chi connectivity index (χ2v) is 6.96. The minimum Gasteiger partial charge on any atom is -0.359 e. The molecule has 0 radical (unpaired) electrons. The number of nitrogens with one attached hydrogen (secondary N) is 1. The van der Waals surface area contributed by atoms with Crippen molar-refractivity contribution in [1.29, 1.82) is 0 Å². The molecule has 0 aliphatic carbocycles. The topological polar surface area (TPSA) is 72.2 Å². The van der Waals surface area contributed by atoms with Gasteiger partial charge in [0.05, 0.1) is 11.1 Å². The minimum atomic E-state index is -4.01. The Labute approximate surface area is 127 Å². The second-order valence-electron chi connectivity index (χ2n) is 5.28. The highest BCUT2D eigenvalue weighted by molar-refractivity contribution is 7.92. The Kier molecular flexibility index (Phi) is 4.23. The van der Waals surface area contributed by atoms with E-state index in [1.807, 2.05) is 13.8 Å². The van der Waals surface area contributed by atoms with Crippen molar-refractivity contribution in [3.8, 4) is 0 Å². The van der Waals surface area contributed by atoms with E-state index in [1.54, 1.807) is 0 Å². The highest BCUT2D eigenvalue weighted by atomic mass is 32.2. The lowest BCUT2D eigenvalue weighted by Crippen LogP contribution is -2.15. The molecule has 0 bridgehead atoms. The summed E-state index contributed by atoms with van der Waals surface area (Å²) in [5, 5.41) is 3.56. The molecule has 8 heteroatoms. The number of anilines is 1. The summed E-state index contributed by atoms with van der Waals surface area (Å²) < 4.78 is 58.6. The van der Waals surface area contributed by atoms with Crippen molar-refractivity contribution < 1.29 is 21.7 Å². The number of hydrogen-bond donors (Lipinski definition) is 1. The van der Waals surface area contributed by atoms with Gasteiger partial charge in [0.15, 0.2) is 5.76 Å². The molecule has 22 heavy (non-hydrogen) atoms. The smallest absolute Gasteiger partial charge is 0.270 e. The fourth-order valence-corrected chi connectivity index (χ4v) is 2.98. The first-order chi connectivity index (χ1) is 10.1. The van der Waals surface area contributed by atoms with E-state index in [2.05, 4.69) is 9.88 Å². The zero-order chi connectivity index (χ0) is 16.5. The SMILES string of the molecule is CC(C)c1oncc1NS(=O)(=O)c1cccc(C(C)(F)F)c1. The number of sulfonamides is 1. The molecular weight excluding hydrogens is 314 g/mol. The van der Waals surface area contributed by atoms with Crippen LogP contribution in [0, 0.1) is 0 Å². The Hall–Kier alpha value is -1.96. The van der Waals surface area contributed by atoms with Crippen LogP contribution in [0.4, 0.5) is 14.5 Å². The van der Waals surface area contributed by atoms with Gasteiger partial charge in [0.1, 0.15) is 5.69 Å². The minimum absolute atomic E-state index is 0.0773. The number of hydrogen-bond acceptors (Lipinski definition) is 4. The van der Waals surface area contributed by atoms with Crippen LogP contribution in [0.3, 0.4) is 0 Å².